The first-order chi connectivity index (χ1) is 7.68. The molecule has 0 N–H and O–H groups in total. The van der Waals surface area contributed by atoms with Gasteiger partial charge in [0.1, 0.15) is 0 Å². The van der Waals surface area contributed by atoms with Gasteiger partial charge in [0.25, 0.3) is 5.91 Å². The normalized spacial score (nSPS) is 25.5. The van der Waals surface area contributed by atoms with Crippen LogP contribution in [0.1, 0.15) is 23.7 Å². The number of nitrogens with zero attached hydrogens (tertiary/aromatic N) is 2. The largest absolute Gasteiger partial charge is 0.338 e. The van der Waals surface area contributed by atoms with Crippen molar-refractivity contribution in [3.05, 3.63) is 30.1 Å². The number of hydrogen-bond donors (Lipinski definition) is 0. The summed E-state index contributed by atoms with van der Waals surface area (Å²) < 4.78 is 0. The number of likely N-dealkylation sites (tertiary alicyclic amines) is 1. The third-order valence-corrected chi connectivity index (χ3v) is 4.36. The van der Waals surface area contributed by atoms with Crippen molar-refractivity contribution < 1.29 is 4.79 Å². The molecule has 1 aliphatic rings. The Morgan fingerprint density at radius 1 is 1.62 bits per heavy atom. The van der Waals surface area contributed by atoms with Crippen LogP contribution in [0.25, 0.3) is 0 Å². The molecule has 2 heterocycles. The number of hydrogen-bond acceptors (Lipinski definition) is 2. The van der Waals surface area contributed by atoms with Crippen LogP contribution in [0.2, 0.25) is 0 Å². The van der Waals surface area contributed by atoms with Gasteiger partial charge in [0.2, 0.25) is 0 Å². The van der Waals surface area contributed by atoms with Crippen molar-refractivity contribution in [1.82, 2.24) is 9.88 Å². The summed E-state index contributed by atoms with van der Waals surface area (Å²) >= 11 is 3.64. The molecule has 4 heteroatoms. The molecule has 3 nitrogen and oxygen atoms in total. The summed E-state index contributed by atoms with van der Waals surface area (Å²) in [7, 11) is 0. The summed E-state index contributed by atoms with van der Waals surface area (Å²) in [5.41, 5.74) is 0.683. The third-order valence-electron chi connectivity index (χ3n) is 3.00. The van der Waals surface area contributed by atoms with Gasteiger partial charge < -0.3 is 4.90 Å². The maximum Gasteiger partial charge on any atom is 0.255 e. The number of rotatable bonds is 1. The van der Waals surface area contributed by atoms with E-state index in [-0.39, 0.29) is 5.91 Å². The number of alkyl halides is 1. The summed E-state index contributed by atoms with van der Waals surface area (Å²) in [6.45, 7) is 3.82. The van der Waals surface area contributed by atoms with E-state index in [1.54, 1.807) is 18.5 Å². The molecule has 0 saturated carbocycles. The minimum Gasteiger partial charge on any atom is -0.338 e. The number of aromatic nitrogens is 1. The quantitative estimate of drug-likeness (QED) is 0.741. The highest BCUT2D eigenvalue weighted by Crippen LogP contribution is 2.24. The number of carbonyl (C=O) groups excluding carboxylic acids is 1. The molecular formula is C12H15BrN2O. The average molecular weight is 283 g/mol. The van der Waals surface area contributed by atoms with Crippen LogP contribution in [0.3, 0.4) is 0 Å². The molecule has 1 aromatic rings. The molecule has 0 bridgehead atoms. The second-order valence-electron chi connectivity index (χ2n) is 4.27. The Morgan fingerprint density at radius 2 is 2.44 bits per heavy atom. The Labute approximate surface area is 104 Å². The van der Waals surface area contributed by atoms with Gasteiger partial charge in [-0.15, -0.1) is 0 Å². The van der Waals surface area contributed by atoms with Crippen LogP contribution in [0.4, 0.5) is 0 Å². The molecular weight excluding hydrogens is 268 g/mol. The lowest BCUT2D eigenvalue weighted by molar-refractivity contribution is 0.0690. The van der Waals surface area contributed by atoms with Crippen LogP contribution in [0.5, 0.6) is 0 Å². The van der Waals surface area contributed by atoms with Crippen molar-refractivity contribution in [1.29, 1.82) is 0 Å². The molecule has 0 radical (unpaired) electrons. The van der Waals surface area contributed by atoms with Gasteiger partial charge in [-0.2, -0.15) is 0 Å². The molecule has 2 atom stereocenters. The van der Waals surface area contributed by atoms with E-state index in [2.05, 4.69) is 27.8 Å². The lowest BCUT2D eigenvalue weighted by Crippen LogP contribution is -2.43. The Hall–Kier alpha value is -0.900. The van der Waals surface area contributed by atoms with E-state index in [0.717, 1.165) is 19.5 Å². The predicted molar refractivity (Wildman–Crippen MR) is 66.6 cm³/mol. The van der Waals surface area contributed by atoms with E-state index in [9.17, 15) is 4.79 Å². The molecule has 1 saturated heterocycles. The number of pyridine rings is 1. The highest BCUT2D eigenvalue weighted by molar-refractivity contribution is 9.09. The van der Waals surface area contributed by atoms with Gasteiger partial charge in [-0.25, -0.2) is 0 Å². The standard InChI is InChI=1S/C12H15BrN2O/c1-9-8-15(6-4-11(9)13)12(16)10-3-2-5-14-7-10/h2-3,5,7,9,11H,4,6,8H2,1H3. The Bertz CT molecular complexity index is 369. The lowest BCUT2D eigenvalue weighted by atomic mass is 9.99. The first-order valence-electron chi connectivity index (χ1n) is 5.52. The summed E-state index contributed by atoms with van der Waals surface area (Å²) in [5, 5.41) is 0. The number of amides is 1. The topological polar surface area (TPSA) is 33.2 Å². The molecule has 0 aromatic carbocycles. The molecule has 1 amide bonds. The fourth-order valence-corrected chi connectivity index (χ4v) is 2.35. The van der Waals surface area contributed by atoms with Crippen molar-refractivity contribution in [3.8, 4) is 0 Å². The predicted octanol–water partition coefficient (Wildman–Crippen LogP) is 2.33. The van der Waals surface area contributed by atoms with Crippen molar-refractivity contribution >= 4 is 21.8 Å². The minimum absolute atomic E-state index is 0.0966. The number of piperidine rings is 1. The second-order valence-corrected chi connectivity index (χ2v) is 5.45. The van der Waals surface area contributed by atoms with E-state index >= 15 is 0 Å². The molecule has 1 aromatic heterocycles. The molecule has 2 unspecified atom stereocenters. The summed E-state index contributed by atoms with van der Waals surface area (Å²) in [4.78, 5) is 18.5. The highest BCUT2D eigenvalue weighted by atomic mass is 79.9. The zero-order chi connectivity index (χ0) is 11.5. The summed E-state index contributed by atoms with van der Waals surface area (Å²) in [6, 6.07) is 3.62. The monoisotopic (exact) mass is 282 g/mol. The van der Waals surface area contributed by atoms with Crippen LogP contribution < -0.4 is 0 Å². The fraction of sp³-hybridized carbons (Fsp3) is 0.500. The Morgan fingerprint density at radius 3 is 3.06 bits per heavy atom. The van der Waals surface area contributed by atoms with Crippen molar-refractivity contribution in [3.63, 3.8) is 0 Å². The van der Waals surface area contributed by atoms with Gasteiger partial charge in [0.15, 0.2) is 0 Å². The van der Waals surface area contributed by atoms with Gasteiger partial charge in [-0.05, 0) is 24.5 Å². The van der Waals surface area contributed by atoms with Crippen molar-refractivity contribution in [2.45, 2.75) is 18.2 Å². The second kappa shape index (κ2) is 4.95. The third kappa shape index (κ3) is 2.43. The molecule has 86 valence electrons. The van der Waals surface area contributed by atoms with Crippen LogP contribution in [-0.2, 0) is 0 Å². The molecule has 1 fully saturated rings. The molecule has 2 rings (SSSR count). The Balaban J connectivity index is 2.06. The maximum absolute atomic E-state index is 12.1. The van der Waals surface area contributed by atoms with Gasteiger partial charge in [-0.3, -0.25) is 9.78 Å². The van der Waals surface area contributed by atoms with E-state index in [1.165, 1.54) is 0 Å². The zero-order valence-electron chi connectivity index (χ0n) is 9.27. The van der Waals surface area contributed by atoms with Crippen LogP contribution >= 0.6 is 15.9 Å². The summed E-state index contributed by atoms with van der Waals surface area (Å²) in [5.74, 6) is 0.605. The zero-order valence-corrected chi connectivity index (χ0v) is 10.9. The van der Waals surface area contributed by atoms with Gasteiger partial charge in [-0.1, -0.05) is 22.9 Å². The lowest BCUT2D eigenvalue weighted by Gasteiger charge is -2.34. The van der Waals surface area contributed by atoms with E-state index < -0.39 is 0 Å². The van der Waals surface area contributed by atoms with E-state index in [4.69, 9.17) is 0 Å². The highest BCUT2D eigenvalue weighted by Gasteiger charge is 2.27. The molecule has 16 heavy (non-hydrogen) atoms. The number of halogens is 1. The van der Waals surface area contributed by atoms with E-state index in [0.29, 0.717) is 16.3 Å². The smallest absolute Gasteiger partial charge is 0.255 e. The summed E-state index contributed by atoms with van der Waals surface area (Å²) in [6.07, 6.45) is 4.34. The molecule has 0 spiro atoms. The average Bonchev–Trinajstić information content (AvgIpc) is 2.33. The first-order valence-corrected chi connectivity index (χ1v) is 6.43. The Kier molecular flexibility index (Phi) is 3.59. The van der Waals surface area contributed by atoms with Crippen LogP contribution in [0, 0.1) is 5.92 Å². The van der Waals surface area contributed by atoms with Gasteiger partial charge >= 0.3 is 0 Å². The van der Waals surface area contributed by atoms with Gasteiger partial charge in [0, 0.05) is 30.3 Å². The molecule has 1 aliphatic heterocycles. The fourth-order valence-electron chi connectivity index (χ4n) is 1.97. The SMILES string of the molecule is CC1CN(C(=O)c2cccnc2)CCC1Br. The molecule has 0 aliphatic carbocycles. The van der Waals surface area contributed by atoms with Crippen molar-refractivity contribution in [2.24, 2.45) is 5.92 Å². The van der Waals surface area contributed by atoms with Gasteiger partial charge in [0.05, 0.1) is 5.56 Å². The van der Waals surface area contributed by atoms with E-state index in [1.807, 2.05) is 11.0 Å². The maximum atomic E-state index is 12.1. The number of carbonyl (C=O) groups is 1. The minimum atomic E-state index is 0.0966. The van der Waals surface area contributed by atoms with Crippen LogP contribution in [0.15, 0.2) is 24.5 Å². The first kappa shape index (κ1) is 11.6. The van der Waals surface area contributed by atoms with Crippen molar-refractivity contribution in [2.75, 3.05) is 13.1 Å². The van der Waals surface area contributed by atoms with Crippen LogP contribution in [-0.4, -0.2) is 33.7 Å².